The number of esters is 1. The Bertz CT molecular complexity index is 701. The normalized spacial score (nSPS) is 10.2. The first kappa shape index (κ1) is 17.7. The Hall–Kier alpha value is -2.69. The van der Waals surface area contributed by atoms with E-state index in [0.29, 0.717) is 12.0 Å². The van der Waals surface area contributed by atoms with Crippen LogP contribution in [0.3, 0.4) is 0 Å². The molecule has 0 saturated carbocycles. The van der Waals surface area contributed by atoms with Gasteiger partial charge in [-0.1, -0.05) is 43.3 Å². The van der Waals surface area contributed by atoms with Crippen LogP contribution in [0.25, 0.3) is 0 Å². The average molecular weight is 329 g/mol. The van der Waals surface area contributed by atoms with Crippen LogP contribution in [0.5, 0.6) is 0 Å². The summed E-state index contributed by atoms with van der Waals surface area (Å²) in [5, 5.41) is 2.59. The molecular formula is C19H20FNO3. The summed E-state index contributed by atoms with van der Waals surface area (Å²) in [6.45, 7) is 2.19. The van der Waals surface area contributed by atoms with Crippen LogP contribution in [-0.4, -0.2) is 18.4 Å². The Morgan fingerprint density at radius 2 is 1.88 bits per heavy atom. The number of hydrogen-bond donors (Lipinski definition) is 1. The van der Waals surface area contributed by atoms with Crippen molar-refractivity contribution in [3.05, 3.63) is 71.0 Å². The molecule has 0 aliphatic rings. The first-order chi connectivity index (χ1) is 11.6. The molecule has 2 rings (SSSR count). The molecule has 2 aromatic carbocycles. The predicted molar refractivity (Wildman–Crippen MR) is 89.0 cm³/mol. The van der Waals surface area contributed by atoms with Gasteiger partial charge in [-0.3, -0.25) is 9.59 Å². The van der Waals surface area contributed by atoms with E-state index < -0.39 is 17.7 Å². The maximum atomic E-state index is 13.7. The van der Waals surface area contributed by atoms with E-state index in [-0.39, 0.29) is 25.1 Å². The average Bonchev–Trinajstić information content (AvgIpc) is 2.60. The molecule has 1 N–H and O–H groups in total. The third kappa shape index (κ3) is 5.19. The molecule has 1 amide bonds. The molecule has 0 atom stereocenters. The van der Waals surface area contributed by atoms with Crippen molar-refractivity contribution in [2.75, 3.05) is 6.54 Å². The van der Waals surface area contributed by atoms with Crippen molar-refractivity contribution in [3.8, 4) is 0 Å². The van der Waals surface area contributed by atoms with Gasteiger partial charge in [-0.2, -0.15) is 0 Å². The number of benzene rings is 2. The van der Waals surface area contributed by atoms with Crippen LogP contribution in [-0.2, 0) is 22.6 Å². The lowest BCUT2D eigenvalue weighted by atomic mass is 10.1. The molecule has 0 heterocycles. The predicted octanol–water partition coefficient (Wildman–Crippen LogP) is 3.25. The molecule has 24 heavy (non-hydrogen) atoms. The van der Waals surface area contributed by atoms with Crippen LogP contribution in [0, 0.1) is 5.82 Å². The summed E-state index contributed by atoms with van der Waals surface area (Å²) in [5.41, 5.74) is 1.71. The summed E-state index contributed by atoms with van der Waals surface area (Å²) in [4.78, 5) is 23.6. The zero-order valence-electron chi connectivity index (χ0n) is 13.5. The molecule has 0 bridgehead atoms. The lowest BCUT2D eigenvalue weighted by Gasteiger charge is -2.07. The van der Waals surface area contributed by atoms with Gasteiger partial charge >= 0.3 is 5.97 Å². The fourth-order valence-electron chi connectivity index (χ4n) is 2.17. The second-order valence-corrected chi connectivity index (χ2v) is 5.31. The Labute approximate surface area is 140 Å². The SMILES string of the molecule is CCc1ccc(C(=O)NCCC(=O)OCc2ccccc2)cc1F. The van der Waals surface area contributed by atoms with E-state index >= 15 is 0 Å². The van der Waals surface area contributed by atoms with Crippen LogP contribution in [0.1, 0.15) is 34.8 Å². The van der Waals surface area contributed by atoms with Gasteiger partial charge in [-0.15, -0.1) is 0 Å². The second-order valence-electron chi connectivity index (χ2n) is 5.31. The molecule has 0 aliphatic heterocycles. The molecule has 0 aliphatic carbocycles. The van der Waals surface area contributed by atoms with E-state index in [1.807, 2.05) is 37.3 Å². The number of amides is 1. The molecule has 5 heteroatoms. The third-order valence-corrected chi connectivity index (χ3v) is 3.55. The smallest absolute Gasteiger partial charge is 0.307 e. The van der Waals surface area contributed by atoms with Crippen molar-refractivity contribution in [3.63, 3.8) is 0 Å². The molecule has 0 saturated heterocycles. The number of ether oxygens (including phenoxy) is 1. The van der Waals surface area contributed by atoms with Gasteiger partial charge in [0.25, 0.3) is 5.91 Å². The number of carbonyl (C=O) groups is 2. The highest BCUT2D eigenvalue weighted by molar-refractivity contribution is 5.94. The molecule has 4 nitrogen and oxygen atoms in total. The minimum atomic E-state index is -0.410. The number of halogens is 1. The summed E-state index contributed by atoms with van der Waals surface area (Å²) in [5.74, 6) is -1.20. The highest BCUT2D eigenvalue weighted by atomic mass is 19.1. The Kier molecular flexibility index (Phi) is 6.49. The van der Waals surface area contributed by atoms with Gasteiger partial charge < -0.3 is 10.1 Å². The van der Waals surface area contributed by atoms with Crippen molar-refractivity contribution in [1.29, 1.82) is 0 Å². The quantitative estimate of drug-likeness (QED) is 0.793. The molecule has 0 unspecified atom stereocenters. The fourth-order valence-corrected chi connectivity index (χ4v) is 2.17. The zero-order chi connectivity index (χ0) is 17.4. The second kappa shape index (κ2) is 8.82. The van der Waals surface area contributed by atoms with Gasteiger partial charge in [-0.05, 0) is 29.7 Å². The van der Waals surface area contributed by atoms with E-state index in [0.717, 1.165) is 5.56 Å². The topological polar surface area (TPSA) is 55.4 Å². The maximum absolute atomic E-state index is 13.7. The summed E-state index contributed by atoms with van der Waals surface area (Å²) < 4.78 is 18.8. The van der Waals surface area contributed by atoms with Crippen LogP contribution >= 0.6 is 0 Å². The Morgan fingerprint density at radius 1 is 1.12 bits per heavy atom. The first-order valence-corrected chi connectivity index (χ1v) is 7.86. The third-order valence-electron chi connectivity index (χ3n) is 3.55. The van der Waals surface area contributed by atoms with Crippen molar-refractivity contribution in [2.45, 2.75) is 26.4 Å². The number of hydrogen-bond acceptors (Lipinski definition) is 3. The monoisotopic (exact) mass is 329 g/mol. The van der Waals surface area contributed by atoms with Crippen LogP contribution in [0.4, 0.5) is 4.39 Å². The fraction of sp³-hybridized carbons (Fsp3) is 0.263. The summed E-state index contributed by atoms with van der Waals surface area (Å²) >= 11 is 0. The zero-order valence-corrected chi connectivity index (χ0v) is 13.5. The van der Waals surface area contributed by atoms with Gasteiger partial charge in [0.15, 0.2) is 0 Å². The van der Waals surface area contributed by atoms with E-state index in [4.69, 9.17) is 4.74 Å². The number of aryl methyl sites for hydroxylation is 1. The van der Waals surface area contributed by atoms with Gasteiger partial charge in [0.05, 0.1) is 6.42 Å². The van der Waals surface area contributed by atoms with Crippen molar-refractivity contribution in [2.24, 2.45) is 0 Å². The largest absolute Gasteiger partial charge is 0.461 e. The van der Waals surface area contributed by atoms with Gasteiger partial charge in [-0.25, -0.2) is 4.39 Å². The van der Waals surface area contributed by atoms with Crippen molar-refractivity contribution in [1.82, 2.24) is 5.32 Å². The number of rotatable bonds is 7. The highest BCUT2D eigenvalue weighted by Gasteiger charge is 2.10. The van der Waals surface area contributed by atoms with Gasteiger partial charge in [0.1, 0.15) is 12.4 Å². The molecule has 126 valence electrons. The van der Waals surface area contributed by atoms with E-state index in [2.05, 4.69) is 5.32 Å². The molecule has 0 fully saturated rings. The highest BCUT2D eigenvalue weighted by Crippen LogP contribution is 2.11. The van der Waals surface area contributed by atoms with E-state index in [1.54, 1.807) is 12.1 Å². The maximum Gasteiger partial charge on any atom is 0.307 e. The van der Waals surface area contributed by atoms with Crippen molar-refractivity contribution >= 4 is 11.9 Å². The molecule has 2 aromatic rings. The Balaban J connectivity index is 1.74. The molecule has 0 radical (unpaired) electrons. The molecular weight excluding hydrogens is 309 g/mol. The van der Waals surface area contributed by atoms with Gasteiger partial charge in [0.2, 0.25) is 0 Å². The Morgan fingerprint density at radius 3 is 2.54 bits per heavy atom. The van der Waals surface area contributed by atoms with Crippen LogP contribution < -0.4 is 5.32 Å². The summed E-state index contributed by atoms with van der Waals surface area (Å²) in [6, 6.07) is 13.7. The number of nitrogens with one attached hydrogen (secondary N) is 1. The van der Waals surface area contributed by atoms with Crippen LogP contribution in [0.15, 0.2) is 48.5 Å². The van der Waals surface area contributed by atoms with Crippen molar-refractivity contribution < 1.29 is 18.7 Å². The van der Waals surface area contributed by atoms with E-state index in [1.165, 1.54) is 6.07 Å². The summed E-state index contributed by atoms with van der Waals surface area (Å²) in [6.07, 6.45) is 0.634. The summed E-state index contributed by atoms with van der Waals surface area (Å²) in [7, 11) is 0. The van der Waals surface area contributed by atoms with Crippen LogP contribution in [0.2, 0.25) is 0 Å². The lowest BCUT2D eigenvalue weighted by molar-refractivity contribution is -0.144. The lowest BCUT2D eigenvalue weighted by Crippen LogP contribution is -2.26. The molecule has 0 spiro atoms. The minimum Gasteiger partial charge on any atom is -0.461 e. The molecule has 0 aromatic heterocycles. The standard InChI is InChI=1S/C19H20FNO3/c1-2-15-8-9-16(12-17(15)20)19(23)21-11-10-18(22)24-13-14-6-4-3-5-7-14/h3-9,12H,2,10-11,13H2,1H3,(H,21,23). The minimum absolute atomic E-state index is 0.0636. The number of carbonyl (C=O) groups excluding carboxylic acids is 2. The first-order valence-electron chi connectivity index (χ1n) is 7.86. The van der Waals surface area contributed by atoms with Gasteiger partial charge in [0, 0.05) is 12.1 Å². The van der Waals surface area contributed by atoms with E-state index in [9.17, 15) is 14.0 Å².